The largest absolute Gasteiger partial charge is 0.489 e. The third kappa shape index (κ3) is 3.51. The first-order valence-corrected chi connectivity index (χ1v) is 7.11. The van der Waals surface area contributed by atoms with E-state index in [0.717, 1.165) is 11.0 Å². The standard InChI is InChI=1S/C15H13FO3S/c1-20-13-5-3-12(4-6-13)19-9-10-8-11(16)2-7-14(10)15(17)18/h2-8H,9H2,1H3,(H,17,18). The summed E-state index contributed by atoms with van der Waals surface area (Å²) in [6.07, 6.45) is 1.97. The number of halogens is 1. The van der Waals surface area contributed by atoms with Crippen LogP contribution in [-0.4, -0.2) is 17.3 Å². The van der Waals surface area contributed by atoms with Gasteiger partial charge in [-0.1, -0.05) is 0 Å². The molecule has 0 spiro atoms. The number of hydrogen-bond acceptors (Lipinski definition) is 3. The lowest BCUT2D eigenvalue weighted by molar-refractivity contribution is 0.0694. The highest BCUT2D eigenvalue weighted by molar-refractivity contribution is 7.98. The van der Waals surface area contributed by atoms with Gasteiger partial charge in [-0.2, -0.15) is 0 Å². The van der Waals surface area contributed by atoms with Crippen molar-refractivity contribution < 1.29 is 19.0 Å². The maximum Gasteiger partial charge on any atom is 0.336 e. The number of benzene rings is 2. The van der Waals surface area contributed by atoms with E-state index in [4.69, 9.17) is 9.84 Å². The summed E-state index contributed by atoms with van der Waals surface area (Å²) in [6, 6.07) is 11.0. The first-order chi connectivity index (χ1) is 9.60. The van der Waals surface area contributed by atoms with Gasteiger partial charge in [-0.15, -0.1) is 11.8 Å². The molecule has 0 aromatic heterocycles. The summed E-state index contributed by atoms with van der Waals surface area (Å²) >= 11 is 1.62. The van der Waals surface area contributed by atoms with E-state index in [2.05, 4.69) is 0 Å². The number of carboxylic acid groups (broad SMARTS) is 1. The highest BCUT2D eigenvalue weighted by Gasteiger charge is 2.11. The summed E-state index contributed by atoms with van der Waals surface area (Å²) in [5, 5.41) is 9.04. The van der Waals surface area contributed by atoms with Gasteiger partial charge in [-0.3, -0.25) is 0 Å². The van der Waals surface area contributed by atoms with E-state index in [9.17, 15) is 9.18 Å². The topological polar surface area (TPSA) is 46.5 Å². The summed E-state index contributed by atoms with van der Waals surface area (Å²) in [6.45, 7) is 0.0119. The fraction of sp³-hybridized carbons (Fsp3) is 0.133. The molecule has 0 aliphatic rings. The molecule has 2 aromatic carbocycles. The summed E-state index contributed by atoms with van der Waals surface area (Å²) < 4.78 is 18.7. The number of aromatic carboxylic acids is 1. The van der Waals surface area contributed by atoms with Crippen molar-refractivity contribution in [1.82, 2.24) is 0 Å². The SMILES string of the molecule is CSc1ccc(OCc2cc(F)ccc2C(=O)O)cc1. The smallest absolute Gasteiger partial charge is 0.336 e. The van der Waals surface area contributed by atoms with Crippen molar-refractivity contribution in [1.29, 1.82) is 0 Å². The molecule has 0 heterocycles. The van der Waals surface area contributed by atoms with Crippen LogP contribution in [0.15, 0.2) is 47.4 Å². The zero-order chi connectivity index (χ0) is 14.5. The number of thioether (sulfide) groups is 1. The molecule has 0 amide bonds. The lowest BCUT2D eigenvalue weighted by atomic mass is 10.1. The number of rotatable bonds is 5. The Kier molecular flexibility index (Phi) is 4.63. The quantitative estimate of drug-likeness (QED) is 0.851. The van der Waals surface area contributed by atoms with Gasteiger partial charge in [0.2, 0.25) is 0 Å². The molecule has 0 saturated heterocycles. The Hall–Kier alpha value is -2.01. The fourth-order valence-corrected chi connectivity index (χ4v) is 2.13. The molecule has 1 N–H and O–H groups in total. The number of ether oxygens (including phenoxy) is 1. The van der Waals surface area contributed by atoms with Gasteiger partial charge in [0.05, 0.1) is 5.56 Å². The zero-order valence-electron chi connectivity index (χ0n) is 10.8. The van der Waals surface area contributed by atoms with Crippen LogP contribution in [0.3, 0.4) is 0 Å². The Balaban J connectivity index is 2.13. The van der Waals surface area contributed by atoms with Crippen molar-refractivity contribution in [3.8, 4) is 5.75 Å². The van der Waals surface area contributed by atoms with Crippen molar-refractivity contribution in [2.45, 2.75) is 11.5 Å². The molecule has 0 aliphatic carbocycles. The number of carbonyl (C=O) groups is 1. The van der Waals surface area contributed by atoms with E-state index >= 15 is 0 Å². The van der Waals surface area contributed by atoms with E-state index in [1.807, 2.05) is 18.4 Å². The molecule has 5 heteroatoms. The summed E-state index contributed by atoms with van der Waals surface area (Å²) in [4.78, 5) is 12.2. The summed E-state index contributed by atoms with van der Waals surface area (Å²) in [5.74, 6) is -0.962. The molecule has 104 valence electrons. The summed E-state index contributed by atoms with van der Waals surface area (Å²) in [7, 11) is 0. The van der Waals surface area contributed by atoms with Crippen LogP contribution in [0, 0.1) is 5.82 Å². The molecule has 0 saturated carbocycles. The minimum atomic E-state index is -1.10. The van der Waals surface area contributed by atoms with Crippen molar-refractivity contribution >= 4 is 17.7 Å². The Bertz CT molecular complexity index is 611. The first-order valence-electron chi connectivity index (χ1n) is 5.88. The normalized spacial score (nSPS) is 10.3. The Labute approximate surface area is 120 Å². The van der Waals surface area contributed by atoms with Crippen molar-refractivity contribution in [2.24, 2.45) is 0 Å². The molecule has 2 rings (SSSR count). The van der Waals surface area contributed by atoms with Crippen LogP contribution >= 0.6 is 11.8 Å². The highest BCUT2D eigenvalue weighted by atomic mass is 32.2. The molecule has 0 bridgehead atoms. The maximum absolute atomic E-state index is 13.2. The van der Waals surface area contributed by atoms with Gasteiger partial charge in [0.1, 0.15) is 18.2 Å². The monoisotopic (exact) mass is 292 g/mol. The van der Waals surface area contributed by atoms with Crippen LogP contribution < -0.4 is 4.74 Å². The number of hydrogen-bond donors (Lipinski definition) is 1. The van der Waals surface area contributed by atoms with Gasteiger partial charge in [-0.25, -0.2) is 9.18 Å². The van der Waals surface area contributed by atoms with E-state index in [1.165, 1.54) is 12.1 Å². The lowest BCUT2D eigenvalue weighted by Gasteiger charge is -2.09. The highest BCUT2D eigenvalue weighted by Crippen LogP contribution is 2.20. The second-order valence-electron chi connectivity index (χ2n) is 4.07. The molecule has 3 nitrogen and oxygen atoms in total. The average Bonchev–Trinajstić information content (AvgIpc) is 2.45. The van der Waals surface area contributed by atoms with E-state index in [1.54, 1.807) is 23.9 Å². The van der Waals surface area contributed by atoms with Crippen LogP contribution in [0.2, 0.25) is 0 Å². The van der Waals surface area contributed by atoms with Crippen LogP contribution in [0.5, 0.6) is 5.75 Å². The predicted molar refractivity (Wildman–Crippen MR) is 75.9 cm³/mol. The lowest BCUT2D eigenvalue weighted by Crippen LogP contribution is -2.06. The molecular formula is C15H13FO3S. The minimum Gasteiger partial charge on any atom is -0.489 e. The van der Waals surface area contributed by atoms with Gasteiger partial charge in [0.25, 0.3) is 0 Å². The molecule has 20 heavy (non-hydrogen) atoms. The van der Waals surface area contributed by atoms with Crippen LogP contribution in [0.25, 0.3) is 0 Å². The van der Waals surface area contributed by atoms with Crippen LogP contribution in [-0.2, 0) is 6.61 Å². The molecule has 0 aliphatic heterocycles. The Morgan fingerprint density at radius 2 is 1.95 bits per heavy atom. The predicted octanol–water partition coefficient (Wildman–Crippen LogP) is 3.82. The molecule has 0 unspecified atom stereocenters. The van der Waals surface area contributed by atoms with Crippen molar-refractivity contribution in [3.63, 3.8) is 0 Å². The fourth-order valence-electron chi connectivity index (χ4n) is 1.72. The molecule has 0 radical (unpaired) electrons. The molecular weight excluding hydrogens is 279 g/mol. The van der Waals surface area contributed by atoms with E-state index < -0.39 is 11.8 Å². The van der Waals surface area contributed by atoms with Crippen LogP contribution in [0.4, 0.5) is 4.39 Å². The zero-order valence-corrected chi connectivity index (χ0v) is 11.6. The second-order valence-corrected chi connectivity index (χ2v) is 4.95. The van der Waals surface area contributed by atoms with Gasteiger partial charge < -0.3 is 9.84 Å². The minimum absolute atomic E-state index is 0.0119. The van der Waals surface area contributed by atoms with Gasteiger partial charge >= 0.3 is 5.97 Å². The first kappa shape index (κ1) is 14.4. The summed E-state index contributed by atoms with van der Waals surface area (Å²) in [5.41, 5.74) is 0.360. The van der Waals surface area contributed by atoms with E-state index in [-0.39, 0.29) is 12.2 Å². The average molecular weight is 292 g/mol. The van der Waals surface area contributed by atoms with Gasteiger partial charge in [-0.05, 0) is 48.7 Å². The van der Waals surface area contributed by atoms with Crippen LogP contribution in [0.1, 0.15) is 15.9 Å². The van der Waals surface area contributed by atoms with Gasteiger partial charge in [0, 0.05) is 10.5 Å². The Morgan fingerprint density at radius 1 is 1.25 bits per heavy atom. The van der Waals surface area contributed by atoms with Gasteiger partial charge in [0.15, 0.2) is 0 Å². The Morgan fingerprint density at radius 3 is 2.55 bits per heavy atom. The molecule has 0 atom stereocenters. The van der Waals surface area contributed by atoms with Crippen molar-refractivity contribution in [2.75, 3.05) is 6.26 Å². The molecule has 0 fully saturated rings. The second kappa shape index (κ2) is 6.43. The number of carboxylic acids is 1. The van der Waals surface area contributed by atoms with Crippen molar-refractivity contribution in [3.05, 3.63) is 59.4 Å². The third-order valence-corrected chi connectivity index (χ3v) is 3.50. The maximum atomic E-state index is 13.2. The van der Waals surface area contributed by atoms with E-state index in [0.29, 0.717) is 11.3 Å². The molecule has 2 aromatic rings. The third-order valence-electron chi connectivity index (χ3n) is 2.75.